The zero-order valence-corrected chi connectivity index (χ0v) is 10.2. The van der Waals surface area contributed by atoms with Crippen LogP contribution in [0.15, 0.2) is 38.6 Å². The molecule has 0 saturated carbocycles. The van der Waals surface area contributed by atoms with Crippen molar-refractivity contribution in [3.05, 3.63) is 40.2 Å². The van der Waals surface area contributed by atoms with Gasteiger partial charge in [-0.2, -0.15) is 0 Å². The molecule has 0 fully saturated rings. The molecule has 0 bridgehead atoms. The number of nitrogens with one attached hydrogen (secondary N) is 1. The Morgan fingerprint density at radius 2 is 1.88 bits per heavy atom. The minimum Gasteiger partial charge on any atom is -0.281 e. The van der Waals surface area contributed by atoms with E-state index in [1.807, 2.05) is 6.92 Å². The molecule has 0 radical (unpaired) electrons. The summed E-state index contributed by atoms with van der Waals surface area (Å²) in [5.41, 5.74) is 0.386. The SMILES string of the molecule is Cc1ccc(-[n+]2[nH]oc(=O)c2S(=O)(=O)Cl)cc1. The Kier molecular flexibility index (Phi) is 2.80. The zero-order valence-electron chi connectivity index (χ0n) is 8.68. The summed E-state index contributed by atoms with van der Waals surface area (Å²) in [4.78, 5) is 11.2. The van der Waals surface area contributed by atoms with Crippen molar-refractivity contribution >= 4 is 19.7 Å². The van der Waals surface area contributed by atoms with Gasteiger partial charge in [0.15, 0.2) is 0 Å². The van der Waals surface area contributed by atoms with Crippen LogP contribution < -0.4 is 10.3 Å². The van der Waals surface area contributed by atoms with Crippen LogP contribution in [0, 0.1) is 6.92 Å². The highest BCUT2D eigenvalue weighted by molar-refractivity contribution is 8.13. The summed E-state index contributed by atoms with van der Waals surface area (Å²) in [7, 11) is 0.981. The van der Waals surface area contributed by atoms with E-state index in [2.05, 4.69) is 9.79 Å². The fourth-order valence-corrected chi connectivity index (χ4v) is 2.33. The van der Waals surface area contributed by atoms with E-state index in [1.165, 1.54) is 0 Å². The van der Waals surface area contributed by atoms with Gasteiger partial charge >= 0.3 is 19.7 Å². The molecule has 17 heavy (non-hydrogen) atoms. The summed E-state index contributed by atoms with van der Waals surface area (Å²) in [6, 6.07) is 6.79. The van der Waals surface area contributed by atoms with Crippen molar-refractivity contribution in [2.45, 2.75) is 11.9 Å². The molecule has 0 spiro atoms. The minimum absolute atomic E-state index is 0.431. The number of halogens is 1. The monoisotopic (exact) mass is 275 g/mol. The fourth-order valence-electron chi connectivity index (χ4n) is 1.34. The predicted molar refractivity (Wildman–Crippen MR) is 58.6 cm³/mol. The first kappa shape index (κ1) is 11.9. The molecular weight excluding hydrogens is 268 g/mol. The van der Waals surface area contributed by atoms with Gasteiger partial charge in [0.25, 0.3) is 0 Å². The number of H-pyrrole nitrogens is 1. The van der Waals surface area contributed by atoms with Crippen molar-refractivity contribution in [2.75, 3.05) is 0 Å². The van der Waals surface area contributed by atoms with Crippen molar-refractivity contribution in [2.24, 2.45) is 0 Å². The Hall–Kier alpha value is -1.60. The standard InChI is InChI=1S/C9H7ClN2O4S/c1-6-2-4-7(5-3-6)12-8(17(10,14)15)9(13)16-11-12/h2-5H,1H3/p+1. The number of nitrogens with zero attached hydrogens (tertiary/aromatic N) is 1. The number of hydrogen-bond donors (Lipinski definition) is 1. The third kappa shape index (κ3) is 2.25. The lowest BCUT2D eigenvalue weighted by atomic mass is 10.2. The predicted octanol–water partition coefficient (Wildman–Crippen LogP) is 0.481. The highest BCUT2D eigenvalue weighted by Crippen LogP contribution is 2.08. The zero-order chi connectivity index (χ0) is 12.6. The van der Waals surface area contributed by atoms with Crippen LogP contribution in [0.5, 0.6) is 0 Å². The summed E-state index contributed by atoms with van der Waals surface area (Å²) in [6.45, 7) is 1.88. The molecule has 0 amide bonds. The van der Waals surface area contributed by atoms with E-state index in [1.54, 1.807) is 24.3 Å². The van der Waals surface area contributed by atoms with Crippen LogP contribution in [-0.4, -0.2) is 13.7 Å². The Morgan fingerprint density at radius 1 is 1.29 bits per heavy atom. The average Bonchev–Trinajstić information content (AvgIpc) is 2.61. The third-order valence-corrected chi connectivity index (χ3v) is 3.38. The van der Waals surface area contributed by atoms with Gasteiger partial charge in [-0.25, -0.2) is 13.2 Å². The molecule has 6 nitrogen and oxygen atoms in total. The van der Waals surface area contributed by atoms with Gasteiger partial charge in [0.05, 0.1) is 0 Å². The number of aryl methyl sites for hydroxylation is 1. The highest BCUT2D eigenvalue weighted by Gasteiger charge is 2.34. The second kappa shape index (κ2) is 4.01. The van der Waals surface area contributed by atoms with Crippen LogP contribution in [0.2, 0.25) is 0 Å². The topological polar surface area (TPSA) is 84.0 Å². The molecule has 2 aromatic rings. The highest BCUT2D eigenvalue weighted by atomic mass is 35.7. The molecule has 0 unspecified atom stereocenters. The second-order valence-electron chi connectivity index (χ2n) is 3.39. The molecule has 90 valence electrons. The maximum absolute atomic E-state index is 11.2. The molecule has 1 aromatic carbocycles. The van der Waals surface area contributed by atoms with Crippen LogP contribution in [0.4, 0.5) is 0 Å². The first-order valence-electron chi connectivity index (χ1n) is 4.55. The van der Waals surface area contributed by atoms with Gasteiger partial charge < -0.3 is 0 Å². The van der Waals surface area contributed by atoms with Crippen molar-refractivity contribution in [3.63, 3.8) is 0 Å². The van der Waals surface area contributed by atoms with Gasteiger partial charge in [0.1, 0.15) is 0 Å². The van der Waals surface area contributed by atoms with Gasteiger partial charge in [0, 0.05) is 22.8 Å². The van der Waals surface area contributed by atoms with E-state index in [9.17, 15) is 13.2 Å². The van der Waals surface area contributed by atoms with E-state index in [0.29, 0.717) is 5.69 Å². The summed E-state index contributed by atoms with van der Waals surface area (Å²) in [6.07, 6.45) is 0. The van der Waals surface area contributed by atoms with Crippen LogP contribution in [0.1, 0.15) is 5.56 Å². The van der Waals surface area contributed by atoms with Crippen molar-refractivity contribution in [1.82, 2.24) is 5.27 Å². The number of aromatic nitrogens is 2. The van der Waals surface area contributed by atoms with Gasteiger partial charge in [-0.3, -0.25) is 4.52 Å². The Bertz CT molecular complexity index is 699. The lowest BCUT2D eigenvalue weighted by Crippen LogP contribution is -2.39. The first-order chi connectivity index (χ1) is 7.89. The van der Waals surface area contributed by atoms with Gasteiger partial charge in [-0.1, -0.05) is 17.7 Å². The third-order valence-electron chi connectivity index (χ3n) is 2.13. The van der Waals surface area contributed by atoms with Crippen LogP contribution in [0.25, 0.3) is 5.69 Å². The largest absolute Gasteiger partial charge is 0.448 e. The van der Waals surface area contributed by atoms with Crippen molar-refractivity contribution < 1.29 is 17.6 Å². The van der Waals surface area contributed by atoms with Gasteiger partial charge in [-0.15, -0.1) is 0 Å². The Morgan fingerprint density at radius 3 is 2.41 bits per heavy atom. The molecular formula is C9H8ClN2O4S+. The lowest BCUT2D eigenvalue weighted by molar-refractivity contribution is -0.705. The maximum Gasteiger partial charge on any atom is 0.448 e. The van der Waals surface area contributed by atoms with Crippen LogP contribution in [-0.2, 0) is 9.05 Å². The van der Waals surface area contributed by atoms with Crippen molar-refractivity contribution in [1.29, 1.82) is 0 Å². The molecule has 0 atom stereocenters. The molecule has 0 aliphatic heterocycles. The minimum atomic E-state index is -4.18. The molecule has 1 heterocycles. The molecule has 1 aromatic heterocycles. The normalized spacial score (nSPS) is 11.6. The molecule has 8 heteroatoms. The number of rotatable bonds is 2. The Labute approximate surface area is 101 Å². The number of aromatic amines is 1. The van der Waals surface area contributed by atoms with E-state index < -0.39 is 19.7 Å². The summed E-state index contributed by atoms with van der Waals surface area (Å²) in [5.74, 6) is 0. The number of hydrogen-bond acceptors (Lipinski definition) is 4. The van der Waals surface area contributed by atoms with Gasteiger partial charge in [0.2, 0.25) is 5.69 Å². The molecule has 0 aliphatic carbocycles. The maximum atomic E-state index is 11.2. The molecule has 0 saturated heterocycles. The average molecular weight is 276 g/mol. The van der Waals surface area contributed by atoms with Crippen LogP contribution in [0.3, 0.4) is 0 Å². The first-order valence-corrected chi connectivity index (χ1v) is 6.86. The van der Waals surface area contributed by atoms with E-state index in [0.717, 1.165) is 10.2 Å². The summed E-state index contributed by atoms with van der Waals surface area (Å²) >= 11 is 0. The summed E-state index contributed by atoms with van der Waals surface area (Å²) in [5, 5.41) is 1.53. The van der Waals surface area contributed by atoms with E-state index >= 15 is 0 Å². The molecule has 1 N–H and O–H groups in total. The molecule has 2 rings (SSSR count). The molecule has 0 aliphatic rings. The quantitative estimate of drug-likeness (QED) is 0.638. The fraction of sp³-hybridized carbons (Fsp3) is 0.111. The second-order valence-corrected chi connectivity index (χ2v) is 5.88. The smallest absolute Gasteiger partial charge is 0.281 e. The van der Waals surface area contributed by atoms with Crippen molar-refractivity contribution in [3.8, 4) is 5.69 Å². The number of benzene rings is 1. The Balaban J connectivity index is 2.70. The van der Waals surface area contributed by atoms with E-state index in [-0.39, 0.29) is 0 Å². The lowest BCUT2D eigenvalue weighted by Gasteiger charge is -1.92. The summed E-state index contributed by atoms with van der Waals surface area (Å²) < 4.78 is 27.9. The van der Waals surface area contributed by atoms with E-state index in [4.69, 9.17) is 10.7 Å². The van der Waals surface area contributed by atoms with Gasteiger partial charge in [-0.05, 0) is 16.9 Å². The van der Waals surface area contributed by atoms with Crippen LogP contribution >= 0.6 is 10.7 Å².